The third-order valence-electron chi connectivity index (χ3n) is 9.06. The van der Waals surface area contributed by atoms with Crippen LogP contribution in [0.1, 0.15) is 25.0 Å². The Morgan fingerprint density at radius 1 is 0.489 bits per heavy atom. The normalized spacial score (nSPS) is 13.4. The molecule has 1 aliphatic heterocycles. The maximum absolute atomic E-state index is 6.88. The topological polar surface area (TPSA) is 70.0 Å². The Hall–Kier alpha value is -6.14. The number of benzene rings is 5. The van der Waals surface area contributed by atoms with E-state index in [1.165, 1.54) is 16.7 Å². The maximum atomic E-state index is 6.88. The van der Waals surface area contributed by atoms with Gasteiger partial charge in [0.1, 0.15) is 5.69 Å². The van der Waals surface area contributed by atoms with Gasteiger partial charge < -0.3 is 9.47 Å². The number of ether oxygens (including phenoxy) is 2. The Morgan fingerprint density at radius 3 is 2.02 bits per heavy atom. The van der Waals surface area contributed by atoms with Crippen molar-refractivity contribution >= 4 is 0 Å². The molecule has 6 nitrogen and oxygen atoms in total. The zero-order valence-electron chi connectivity index (χ0n) is 25.8. The van der Waals surface area contributed by atoms with Crippen LogP contribution in [0.2, 0.25) is 0 Å². The summed E-state index contributed by atoms with van der Waals surface area (Å²) in [5.74, 6) is 4.49. The Morgan fingerprint density at radius 2 is 1.17 bits per heavy atom. The maximum Gasteiger partial charge on any atom is 0.182 e. The summed E-state index contributed by atoms with van der Waals surface area (Å²) < 4.78 is 13.4. The van der Waals surface area contributed by atoms with Gasteiger partial charge in [0, 0.05) is 33.9 Å². The van der Waals surface area contributed by atoms with E-state index in [1.54, 1.807) is 6.20 Å². The van der Waals surface area contributed by atoms with Gasteiger partial charge in [0.05, 0.1) is 0 Å². The smallest absolute Gasteiger partial charge is 0.182 e. The molecule has 7 aromatic rings. The summed E-state index contributed by atoms with van der Waals surface area (Å²) in [7, 11) is 0. The van der Waals surface area contributed by atoms with Crippen molar-refractivity contribution in [2.24, 2.45) is 0 Å². The Labute approximate surface area is 272 Å². The van der Waals surface area contributed by atoms with Crippen LogP contribution in [0.25, 0.3) is 56.5 Å². The number of aromatic nitrogens is 4. The molecule has 2 aliphatic rings. The van der Waals surface area contributed by atoms with Crippen molar-refractivity contribution in [3.05, 3.63) is 145 Å². The summed E-state index contributed by atoms with van der Waals surface area (Å²) in [6.07, 6.45) is 1.75. The van der Waals surface area contributed by atoms with Crippen LogP contribution in [0.4, 0.5) is 0 Å². The molecule has 0 bridgehead atoms. The molecule has 0 fully saturated rings. The van der Waals surface area contributed by atoms with Crippen LogP contribution in [-0.2, 0) is 5.41 Å². The van der Waals surface area contributed by atoms with Crippen molar-refractivity contribution in [2.45, 2.75) is 19.3 Å². The zero-order valence-corrected chi connectivity index (χ0v) is 25.8. The Balaban J connectivity index is 1.16. The minimum Gasteiger partial charge on any atom is -0.449 e. The molecular weight excluding hydrogens is 580 g/mol. The molecule has 0 atom stereocenters. The fourth-order valence-corrected chi connectivity index (χ4v) is 6.73. The van der Waals surface area contributed by atoms with Gasteiger partial charge in [-0.1, -0.05) is 111 Å². The summed E-state index contributed by atoms with van der Waals surface area (Å²) in [4.78, 5) is 19.1. The highest BCUT2D eigenvalue weighted by atomic mass is 16.6. The third kappa shape index (κ3) is 4.41. The highest BCUT2D eigenvalue weighted by Gasteiger charge is 2.39. The fourth-order valence-electron chi connectivity index (χ4n) is 6.73. The van der Waals surface area contributed by atoms with Gasteiger partial charge in [0.25, 0.3) is 0 Å². The highest BCUT2D eigenvalue weighted by Crippen LogP contribution is 2.59. The van der Waals surface area contributed by atoms with E-state index in [-0.39, 0.29) is 5.41 Å². The number of pyridine rings is 1. The molecule has 224 valence electrons. The minimum atomic E-state index is -0.143. The van der Waals surface area contributed by atoms with Crippen molar-refractivity contribution in [3.8, 4) is 79.5 Å². The summed E-state index contributed by atoms with van der Waals surface area (Å²) in [6, 6.07) is 42.7. The first-order chi connectivity index (χ1) is 23.0. The third-order valence-corrected chi connectivity index (χ3v) is 9.06. The molecule has 3 heterocycles. The number of rotatable bonds is 4. The second kappa shape index (κ2) is 10.5. The molecule has 0 saturated heterocycles. The lowest BCUT2D eigenvalue weighted by molar-refractivity contribution is 0.361. The molecule has 0 saturated carbocycles. The van der Waals surface area contributed by atoms with Gasteiger partial charge in [-0.3, -0.25) is 4.98 Å². The number of hydrogen-bond acceptors (Lipinski definition) is 6. The van der Waals surface area contributed by atoms with Gasteiger partial charge >= 0.3 is 0 Å². The van der Waals surface area contributed by atoms with Crippen molar-refractivity contribution in [3.63, 3.8) is 0 Å². The summed E-state index contributed by atoms with van der Waals surface area (Å²) in [5, 5.41) is 0. The van der Waals surface area contributed by atoms with Crippen molar-refractivity contribution < 1.29 is 9.47 Å². The van der Waals surface area contributed by atoms with E-state index in [0.29, 0.717) is 34.7 Å². The van der Waals surface area contributed by atoms with Gasteiger partial charge in [-0.2, -0.15) is 0 Å². The first-order valence-corrected chi connectivity index (χ1v) is 15.6. The number of hydrogen-bond donors (Lipinski definition) is 0. The van der Waals surface area contributed by atoms with Crippen LogP contribution in [0, 0.1) is 0 Å². The summed E-state index contributed by atoms with van der Waals surface area (Å²) in [5.41, 5.74) is 8.97. The minimum absolute atomic E-state index is 0.143. The van der Waals surface area contributed by atoms with Gasteiger partial charge in [0.15, 0.2) is 40.5 Å². The lowest BCUT2D eigenvalue weighted by Crippen LogP contribution is -2.15. The highest BCUT2D eigenvalue weighted by molar-refractivity contribution is 5.89. The fraction of sp³-hybridized carbons (Fsp3) is 0.0732. The Kier molecular flexibility index (Phi) is 6.05. The molecule has 0 spiro atoms. The van der Waals surface area contributed by atoms with E-state index in [9.17, 15) is 0 Å². The molecule has 0 radical (unpaired) electrons. The SMILES string of the molecule is CC1(C)c2ccccc2-c2c1ccc1c2Oc2c(cccc2-c2cccc(-c3nc(-c4ccccc4)nc(-c4ccccn4)n3)c2)O1. The molecule has 1 aliphatic carbocycles. The van der Waals surface area contributed by atoms with Crippen molar-refractivity contribution in [2.75, 3.05) is 0 Å². The first-order valence-electron chi connectivity index (χ1n) is 15.6. The standard InChI is InChI=1S/C41H28N4O2/c1-41(2)30-18-7-6-16-29(30)35-31(41)21-22-34-37(35)47-36-28(17-11-20-33(36)46-34)26-14-10-15-27(24-26)39-43-38(25-12-4-3-5-13-25)44-40(45-39)32-19-8-9-23-42-32/h3-24H,1-2H3. The monoisotopic (exact) mass is 608 g/mol. The largest absolute Gasteiger partial charge is 0.449 e. The first kappa shape index (κ1) is 27.2. The quantitative estimate of drug-likeness (QED) is 0.198. The van der Waals surface area contributed by atoms with Crippen molar-refractivity contribution in [1.29, 1.82) is 0 Å². The molecule has 2 aromatic heterocycles. The summed E-state index contributed by atoms with van der Waals surface area (Å²) in [6.45, 7) is 4.53. The molecule has 6 heteroatoms. The predicted octanol–water partition coefficient (Wildman–Crippen LogP) is 10.1. The van der Waals surface area contributed by atoms with Gasteiger partial charge in [-0.15, -0.1) is 0 Å². The molecule has 0 amide bonds. The molecular formula is C41H28N4O2. The van der Waals surface area contributed by atoms with Gasteiger partial charge in [-0.05, 0) is 52.6 Å². The van der Waals surface area contributed by atoms with Crippen LogP contribution in [0.15, 0.2) is 134 Å². The van der Waals surface area contributed by atoms with Gasteiger partial charge in [-0.25, -0.2) is 15.0 Å². The predicted molar refractivity (Wildman–Crippen MR) is 184 cm³/mol. The van der Waals surface area contributed by atoms with E-state index in [1.807, 2.05) is 78.9 Å². The lowest BCUT2D eigenvalue weighted by Gasteiger charge is -2.26. The molecule has 0 N–H and O–H groups in total. The molecule has 47 heavy (non-hydrogen) atoms. The van der Waals surface area contributed by atoms with Crippen LogP contribution >= 0.6 is 0 Å². The molecule has 5 aromatic carbocycles. The van der Waals surface area contributed by atoms with E-state index in [0.717, 1.165) is 39.3 Å². The second-order valence-corrected chi connectivity index (χ2v) is 12.3. The average Bonchev–Trinajstić information content (AvgIpc) is 3.37. The van der Waals surface area contributed by atoms with Crippen LogP contribution in [0.3, 0.4) is 0 Å². The van der Waals surface area contributed by atoms with E-state index < -0.39 is 0 Å². The Bertz CT molecular complexity index is 2280. The van der Waals surface area contributed by atoms with E-state index in [4.69, 9.17) is 24.4 Å². The molecule has 9 rings (SSSR count). The van der Waals surface area contributed by atoms with E-state index in [2.05, 4.69) is 67.4 Å². The zero-order chi connectivity index (χ0) is 31.5. The number of fused-ring (bicyclic) bond motifs is 6. The number of nitrogens with zero attached hydrogens (tertiary/aromatic N) is 4. The van der Waals surface area contributed by atoms with E-state index >= 15 is 0 Å². The average molecular weight is 609 g/mol. The van der Waals surface area contributed by atoms with Gasteiger partial charge in [0.2, 0.25) is 0 Å². The second-order valence-electron chi connectivity index (χ2n) is 12.3. The lowest BCUT2D eigenvalue weighted by atomic mass is 9.82. The van der Waals surface area contributed by atoms with Crippen LogP contribution < -0.4 is 9.47 Å². The van der Waals surface area contributed by atoms with Crippen molar-refractivity contribution in [1.82, 2.24) is 19.9 Å². The van der Waals surface area contributed by atoms with Crippen LogP contribution in [0.5, 0.6) is 23.0 Å². The molecule has 0 unspecified atom stereocenters. The van der Waals surface area contributed by atoms with Crippen LogP contribution in [-0.4, -0.2) is 19.9 Å². The number of para-hydroxylation sites is 1. The summed E-state index contributed by atoms with van der Waals surface area (Å²) >= 11 is 0.